The molecule has 0 aromatic carbocycles. The van der Waals surface area contributed by atoms with E-state index in [1.165, 1.54) is 0 Å². The van der Waals surface area contributed by atoms with Crippen molar-refractivity contribution in [3.8, 4) is 0 Å². The molecule has 6 heteroatoms. The fraction of sp³-hybridized carbons (Fsp3) is 0.769. The summed E-state index contributed by atoms with van der Waals surface area (Å²) in [6.45, 7) is 8.48. The average Bonchev–Trinajstić information content (AvgIpc) is 2.74. The molecular weight excluding hydrogens is 246 g/mol. The lowest BCUT2D eigenvalue weighted by atomic mass is 9.77. The molecule has 0 aliphatic carbocycles. The molecule has 1 saturated heterocycles. The molecule has 2 heterocycles. The van der Waals surface area contributed by atoms with Gasteiger partial charge < -0.3 is 14.4 Å². The van der Waals surface area contributed by atoms with Crippen molar-refractivity contribution in [3.63, 3.8) is 0 Å². The van der Waals surface area contributed by atoms with Crippen LogP contribution in [0.25, 0.3) is 0 Å². The Bertz CT molecular complexity index is 464. The number of amides is 1. The van der Waals surface area contributed by atoms with Crippen molar-refractivity contribution in [2.45, 2.75) is 52.5 Å². The van der Waals surface area contributed by atoms with Gasteiger partial charge in [-0.05, 0) is 18.3 Å². The molecule has 106 valence electrons. The zero-order valence-electron chi connectivity index (χ0n) is 11.9. The lowest BCUT2D eigenvalue weighted by Gasteiger charge is -2.43. The van der Waals surface area contributed by atoms with Crippen molar-refractivity contribution in [3.05, 3.63) is 11.8 Å². The second-order valence-electron chi connectivity index (χ2n) is 6.24. The van der Waals surface area contributed by atoms with E-state index in [-0.39, 0.29) is 17.4 Å². The average molecular weight is 267 g/mol. The van der Waals surface area contributed by atoms with E-state index in [4.69, 9.17) is 4.42 Å². The normalized spacial score (nSPS) is 24.5. The van der Waals surface area contributed by atoms with Gasteiger partial charge in [-0.1, -0.05) is 20.8 Å². The highest BCUT2D eigenvalue weighted by molar-refractivity contribution is 5.65. The van der Waals surface area contributed by atoms with Crippen LogP contribution in [0.1, 0.15) is 51.3 Å². The zero-order chi connectivity index (χ0) is 14.2. The van der Waals surface area contributed by atoms with E-state index in [9.17, 15) is 9.90 Å². The second kappa shape index (κ2) is 4.83. The van der Waals surface area contributed by atoms with Gasteiger partial charge in [-0.25, -0.2) is 4.79 Å². The van der Waals surface area contributed by atoms with E-state index in [0.29, 0.717) is 18.3 Å². The monoisotopic (exact) mass is 267 g/mol. The molecule has 0 bridgehead atoms. The first-order chi connectivity index (χ1) is 8.79. The van der Waals surface area contributed by atoms with Crippen LogP contribution in [-0.2, 0) is 0 Å². The van der Waals surface area contributed by atoms with Gasteiger partial charge in [0.1, 0.15) is 0 Å². The number of aryl methyl sites for hydroxylation is 1. The number of carbonyl (C=O) groups is 1. The van der Waals surface area contributed by atoms with E-state index in [1.54, 1.807) is 11.8 Å². The Morgan fingerprint density at radius 2 is 2.11 bits per heavy atom. The third kappa shape index (κ3) is 2.88. The summed E-state index contributed by atoms with van der Waals surface area (Å²) < 4.78 is 5.49. The lowest BCUT2D eigenvalue weighted by Crippen LogP contribution is -2.51. The Kier molecular flexibility index (Phi) is 3.52. The third-order valence-electron chi connectivity index (χ3n) is 3.74. The molecule has 1 amide bonds. The van der Waals surface area contributed by atoms with Crippen molar-refractivity contribution < 1.29 is 14.3 Å². The van der Waals surface area contributed by atoms with Crippen molar-refractivity contribution in [1.29, 1.82) is 0 Å². The predicted octanol–water partition coefficient (Wildman–Crippen LogP) is 2.65. The molecule has 2 unspecified atom stereocenters. The predicted molar refractivity (Wildman–Crippen MR) is 69.0 cm³/mol. The van der Waals surface area contributed by atoms with Crippen molar-refractivity contribution in [2.75, 3.05) is 6.54 Å². The molecule has 0 radical (unpaired) electrons. The molecular formula is C13H21N3O3. The van der Waals surface area contributed by atoms with E-state index < -0.39 is 6.09 Å². The van der Waals surface area contributed by atoms with Gasteiger partial charge in [-0.3, -0.25) is 0 Å². The molecule has 1 N–H and O–H groups in total. The van der Waals surface area contributed by atoms with Gasteiger partial charge in [0.05, 0.1) is 0 Å². The number of hydrogen-bond acceptors (Lipinski definition) is 4. The van der Waals surface area contributed by atoms with Crippen molar-refractivity contribution in [2.24, 2.45) is 5.41 Å². The standard InChI is InChI=1S/C13H21N3O3/c1-8-14-15-11(19-8)9-5-6-16(12(17)18)10(7-9)13(2,3)4/h9-10H,5-7H2,1-4H3,(H,17,18). The highest BCUT2D eigenvalue weighted by Crippen LogP contribution is 2.38. The number of likely N-dealkylation sites (tertiary alicyclic amines) is 1. The first kappa shape index (κ1) is 13.8. The molecule has 1 aromatic rings. The van der Waals surface area contributed by atoms with Crippen LogP contribution in [0.3, 0.4) is 0 Å². The summed E-state index contributed by atoms with van der Waals surface area (Å²) in [6, 6.07) is -0.0315. The summed E-state index contributed by atoms with van der Waals surface area (Å²) in [5.74, 6) is 1.35. The zero-order valence-corrected chi connectivity index (χ0v) is 11.9. The van der Waals surface area contributed by atoms with Crippen LogP contribution < -0.4 is 0 Å². The van der Waals surface area contributed by atoms with Crippen LogP contribution in [-0.4, -0.2) is 38.9 Å². The smallest absolute Gasteiger partial charge is 0.407 e. The summed E-state index contributed by atoms with van der Waals surface area (Å²) in [7, 11) is 0. The van der Waals surface area contributed by atoms with Crippen LogP contribution in [0.4, 0.5) is 4.79 Å². The highest BCUT2D eigenvalue weighted by atomic mass is 16.4. The Morgan fingerprint density at radius 1 is 1.42 bits per heavy atom. The highest BCUT2D eigenvalue weighted by Gasteiger charge is 2.40. The lowest BCUT2D eigenvalue weighted by molar-refractivity contribution is 0.0490. The Hall–Kier alpha value is -1.59. The van der Waals surface area contributed by atoms with Gasteiger partial charge in [0, 0.05) is 25.4 Å². The minimum absolute atomic E-state index is 0.0315. The van der Waals surface area contributed by atoms with Crippen LogP contribution >= 0.6 is 0 Å². The van der Waals surface area contributed by atoms with Gasteiger partial charge in [0.2, 0.25) is 11.8 Å². The molecule has 1 aliphatic heterocycles. The minimum atomic E-state index is -0.847. The molecule has 2 rings (SSSR count). The van der Waals surface area contributed by atoms with Gasteiger partial charge in [0.25, 0.3) is 0 Å². The summed E-state index contributed by atoms with van der Waals surface area (Å²) in [6.07, 6.45) is 0.623. The largest absolute Gasteiger partial charge is 0.465 e. The van der Waals surface area contributed by atoms with E-state index in [2.05, 4.69) is 31.0 Å². The van der Waals surface area contributed by atoms with Crippen LogP contribution in [0.15, 0.2) is 4.42 Å². The molecule has 1 fully saturated rings. The van der Waals surface area contributed by atoms with E-state index in [1.807, 2.05) is 0 Å². The number of nitrogens with zero attached hydrogens (tertiary/aromatic N) is 3. The molecule has 0 saturated carbocycles. The molecule has 19 heavy (non-hydrogen) atoms. The number of hydrogen-bond donors (Lipinski definition) is 1. The van der Waals surface area contributed by atoms with Gasteiger partial charge in [0.15, 0.2) is 0 Å². The number of rotatable bonds is 1. The van der Waals surface area contributed by atoms with Crippen LogP contribution in [0.5, 0.6) is 0 Å². The summed E-state index contributed by atoms with van der Waals surface area (Å²) in [5.41, 5.74) is -0.105. The number of aromatic nitrogens is 2. The second-order valence-corrected chi connectivity index (χ2v) is 6.24. The number of carboxylic acid groups (broad SMARTS) is 1. The first-order valence-electron chi connectivity index (χ1n) is 6.58. The summed E-state index contributed by atoms with van der Waals surface area (Å²) in [4.78, 5) is 12.9. The minimum Gasteiger partial charge on any atom is -0.465 e. The maximum absolute atomic E-state index is 11.3. The Labute approximate surface area is 112 Å². The topological polar surface area (TPSA) is 79.5 Å². The number of piperidine rings is 1. The van der Waals surface area contributed by atoms with Crippen molar-refractivity contribution >= 4 is 6.09 Å². The first-order valence-corrected chi connectivity index (χ1v) is 6.58. The van der Waals surface area contributed by atoms with Crippen LogP contribution in [0, 0.1) is 12.3 Å². The van der Waals surface area contributed by atoms with Crippen molar-refractivity contribution in [1.82, 2.24) is 15.1 Å². The maximum atomic E-state index is 11.3. The summed E-state index contributed by atoms with van der Waals surface area (Å²) in [5, 5.41) is 17.2. The summed E-state index contributed by atoms with van der Waals surface area (Å²) >= 11 is 0. The fourth-order valence-electron chi connectivity index (χ4n) is 2.72. The van der Waals surface area contributed by atoms with E-state index >= 15 is 0 Å². The fourth-order valence-corrected chi connectivity index (χ4v) is 2.72. The van der Waals surface area contributed by atoms with Crippen LogP contribution in [0.2, 0.25) is 0 Å². The Balaban J connectivity index is 2.19. The molecule has 0 spiro atoms. The quantitative estimate of drug-likeness (QED) is 0.846. The van der Waals surface area contributed by atoms with Gasteiger partial charge >= 0.3 is 6.09 Å². The molecule has 1 aliphatic rings. The SMILES string of the molecule is Cc1nnc(C2CCN(C(=O)O)C(C(C)(C)C)C2)o1. The van der Waals surface area contributed by atoms with E-state index in [0.717, 1.165) is 12.8 Å². The maximum Gasteiger partial charge on any atom is 0.407 e. The molecule has 2 atom stereocenters. The molecule has 1 aromatic heterocycles. The molecule has 6 nitrogen and oxygen atoms in total. The third-order valence-corrected chi connectivity index (χ3v) is 3.74. The van der Waals surface area contributed by atoms with Gasteiger partial charge in [-0.15, -0.1) is 10.2 Å². The van der Waals surface area contributed by atoms with Gasteiger partial charge in [-0.2, -0.15) is 0 Å². The Morgan fingerprint density at radius 3 is 2.58 bits per heavy atom.